The van der Waals surface area contributed by atoms with Crippen LogP contribution in [-0.4, -0.2) is 92.0 Å². The smallest absolute Gasteiger partial charge is 0.407 e. The van der Waals surface area contributed by atoms with Crippen molar-refractivity contribution in [3.8, 4) is 0 Å². The Kier molecular flexibility index (Phi) is 16.1. The van der Waals surface area contributed by atoms with Gasteiger partial charge < -0.3 is 40.4 Å². The lowest BCUT2D eigenvalue weighted by molar-refractivity contribution is -0.143. The lowest BCUT2D eigenvalue weighted by atomic mass is 9.99. The number of rotatable bonds is 16. The van der Waals surface area contributed by atoms with E-state index in [0.717, 1.165) is 17.9 Å². The molecule has 0 spiro atoms. The fourth-order valence-corrected chi connectivity index (χ4v) is 3.28. The van der Waals surface area contributed by atoms with Crippen LogP contribution >= 0.6 is 11.8 Å². The molecule has 0 aliphatic carbocycles. The average molecular weight is 482 g/mol. The van der Waals surface area contributed by atoms with Crippen LogP contribution in [0.1, 0.15) is 40.5 Å². The quantitative estimate of drug-likeness (QED) is 0.138. The number of hydrogen-bond donors (Lipinski definition) is 4. The lowest BCUT2D eigenvalue weighted by Crippen LogP contribution is -2.59. The highest BCUT2D eigenvalue weighted by Crippen LogP contribution is 2.13. The Morgan fingerprint density at radius 3 is 2.38 bits per heavy atom. The Hall–Kier alpha value is -1.60. The number of carbonyl (C=O) groups excluding carboxylic acids is 3. The van der Waals surface area contributed by atoms with Crippen LogP contribution in [0.5, 0.6) is 0 Å². The Balaban J connectivity index is 5.15. The van der Waals surface area contributed by atoms with Crippen LogP contribution in [0.3, 0.4) is 0 Å². The van der Waals surface area contributed by atoms with E-state index in [9.17, 15) is 19.5 Å². The number of alkyl carbamates (subject to hydrolysis) is 1. The molecule has 32 heavy (non-hydrogen) atoms. The molecule has 0 rings (SSSR count). The molecule has 0 aromatic carbocycles. The maximum atomic E-state index is 12.3. The van der Waals surface area contributed by atoms with E-state index in [4.69, 9.17) is 24.7 Å². The standard InChI is InChI=1S/C20H39N3O8S/c1-14(25)22-18(16(12-24)30-13-29-8-6-9-32-10-7-21)15(11-17(26)28-5)23-19(27)31-20(2,3)4/h15-16,18,24H,6-13,21H2,1-5H3,(H,22,25)(H,23,27)/t15-,16-,18+/m0/s1. The maximum absolute atomic E-state index is 12.3. The van der Waals surface area contributed by atoms with Gasteiger partial charge in [0, 0.05) is 19.2 Å². The molecule has 0 aromatic heterocycles. The summed E-state index contributed by atoms with van der Waals surface area (Å²) in [6.45, 7) is 6.80. The number of aliphatic hydroxyl groups is 1. The van der Waals surface area contributed by atoms with E-state index in [2.05, 4.69) is 10.6 Å². The molecule has 0 radical (unpaired) electrons. The topological polar surface area (TPSA) is 158 Å². The molecule has 0 fully saturated rings. The molecule has 11 nitrogen and oxygen atoms in total. The van der Waals surface area contributed by atoms with Crippen molar-refractivity contribution in [2.75, 3.05) is 45.2 Å². The first-order chi connectivity index (χ1) is 15.0. The summed E-state index contributed by atoms with van der Waals surface area (Å²) in [6, 6.07) is -1.92. The summed E-state index contributed by atoms with van der Waals surface area (Å²) in [6.07, 6.45) is -1.22. The molecular weight excluding hydrogens is 442 g/mol. The van der Waals surface area contributed by atoms with Crippen LogP contribution in [0, 0.1) is 0 Å². The normalized spacial score (nSPS) is 14.2. The Morgan fingerprint density at radius 1 is 1.16 bits per heavy atom. The summed E-state index contributed by atoms with van der Waals surface area (Å²) in [5, 5.41) is 15.1. The number of ether oxygens (including phenoxy) is 4. The van der Waals surface area contributed by atoms with Gasteiger partial charge in [0.2, 0.25) is 5.91 Å². The van der Waals surface area contributed by atoms with E-state index < -0.39 is 48.4 Å². The minimum absolute atomic E-state index is 0.139. The number of nitrogens with two attached hydrogens (primary N) is 1. The Labute approximate surface area is 194 Å². The summed E-state index contributed by atoms with van der Waals surface area (Å²) in [5.74, 6) is 0.726. The van der Waals surface area contributed by atoms with Crippen molar-refractivity contribution in [3.63, 3.8) is 0 Å². The molecule has 0 aliphatic rings. The molecule has 188 valence electrons. The SMILES string of the molecule is COC(=O)C[C@H](NC(=O)OC(C)(C)C)[C@@H](NC(C)=O)[C@H](CO)OCOCCCSCCN. The third-order valence-electron chi connectivity index (χ3n) is 3.91. The molecule has 0 aliphatic heterocycles. The number of esters is 1. The lowest BCUT2D eigenvalue weighted by Gasteiger charge is -2.33. The van der Waals surface area contributed by atoms with Crippen LogP contribution in [0.2, 0.25) is 0 Å². The van der Waals surface area contributed by atoms with Gasteiger partial charge in [-0.1, -0.05) is 0 Å². The fourth-order valence-electron chi connectivity index (χ4n) is 2.59. The van der Waals surface area contributed by atoms with Crippen LogP contribution in [0.25, 0.3) is 0 Å². The second-order valence-corrected chi connectivity index (χ2v) is 9.15. The monoisotopic (exact) mass is 481 g/mol. The van der Waals surface area contributed by atoms with Crippen molar-refractivity contribution < 1.29 is 38.4 Å². The van der Waals surface area contributed by atoms with Crippen LogP contribution in [0.15, 0.2) is 0 Å². The summed E-state index contributed by atoms with van der Waals surface area (Å²) in [4.78, 5) is 36.0. The van der Waals surface area contributed by atoms with E-state index in [1.165, 1.54) is 14.0 Å². The molecule has 0 aromatic rings. The van der Waals surface area contributed by atoms with Gasteiger partial charge in [0.15, 0.2) is 0 Å². The fraction of sp³-hybridized carbons (Fsp3) is 0.850. The highest BCUT2D eigenvalue weighted by molar-refractivity contribution is 7.99. The van der Waals surface area contributed by atoms with E-state index in [1.54, 1.807) is 32.5 Å². The minimum Gasteiger partial charge on any atom is -0.469 e. The second kappa shape index (κ2) is 17.0. The van der Waals surface area contributed by atoms with Gasteiger partial charge in [0.25, 0.3) is 0 Å². The van der Waals surface area contributed by atoms with E-state index in [-0.39, 0.29) is 13.2 Å². The largest absolute Gasteiger partial charge is 0.469 e. The number of aliphatic hydroxyl groups excluding tert-OH is 1. The van der Waals surface area contributed by atoms with Gasteiger partial charge in [-0.2, -0.15) is 11.8 Å². The van der Waals surface area contributed by atoms with Crippen LogP contribution in [0.4, 0.5) is 4.79 Å². The molecule has 12 heteroatoms. The third-order valence-corrected chi connectivity index (χ3v) is 5.01. The molecule has 0 unspecified atom stereocenters. The first-order valence-electron chi connectivity index (χ1n) is 10.5. The van der Waals surface area contributed by atoms with E-state index in [1.807, 2.05) is 0 Å². The number of thioether (sulfide) groups is 1. The zero-order chi connectivity index (χ0) is 24.6. The van der Waals surface area contributed by atoms with Gasteiger partial charge in [-0.15, -0.1) is 0 Å². The van der Waals surface area contributed by atoms with Crippen molar-refractivity contribution in [2.24, 2.45) is 5.73 Å². The van der Waals surface area contributed by atoms with E-state index >= 15 is 0 Å². The van der Waals surface area contributed by atoms with Gasteiger partial charge in [0.05, 0.1) is 38.8 Å². The maximum Gasteiger partial charge on any atom is 0.407 e. The molecule has 2 amide bonds. The molecule has 0 heterocycles. The van der Waals surface area contributed by atoms with Gasteiger partial charge in [-0.3, -0.25) is 9.59 Å². The van der Waals surface area contributed by atoms with Crippen molar-refractivity contribution in [1.29, 1.82) is 0 Å². The average Bonchev–Trinajstić information content (AvgIpc) is 2.69. The highest BCUT2D eigenvalue weighted by atomic mass is 32.2. The Morgan fingerprint density at radius 2 is 1.84 bits per heavy atom. The predicted octanol–water partition coefficient (Wildman–Crippen LogP) is 0.381. The predicted molar refractivity (Wildman–Crippen MR) is 121 cm³/mol. The molecule has 5 N–H and O–H groups in total. The van der Waals surface area contributed by atoms with Crippen molar-refractivity contribution in [2.45, 2.75) is 64.3 Å². The third kappa shape index (κ3) is 15.2. The van der Waals surface area contributed by atoms with Gasteiger partial charge in [-0.25, -0.2) is 4.79 Å². The summed E-state index contributed by atoms with van der Waals surface area (Å²) in [5.41, 5.74) is 4.67. The molecule has 0 saturated heterocycles. The van der Waals surface area contributed by atoms with Gasteiger partial charge >= 0.3 is 12.1 Å². The van der Waals surface area contributed by atoms with Crippen molar-refractivity contribution >= 4 is 29.7 Å². The zero-order valence-corrected chi connectivity index (χ0v) is 20.5. The number of amides is 2. The number of carbonyl (C=O) groups is 3. The first-order valence-corrected chi connectivity index (χ1v) is 11.6. The van der Waals surface area contributed by atoms with Crippen molar-refractivity contribution in [1.82, 2.24) is 10.6 Å². The number of nitrogens with one attached hydrogen (secondary N) is 2. The summed E-state index contributed by atoms with van der Waals surface area (Å²) >= 11 is 1.73. The van der Waals surface area contributed by atoms with Crippen LogP contribution in [-0.2, 0) is 28.5 Å². The second-order valence-electron chi connectivity index (χ2n) is 7.93. The summed E-state index contributed by atoms with van der Waals surface area (Å²) in [7, 11) is 1.21. The minimum atomic E-state index is -0.967. The number of methoxy groups -OCH3 is 1. The highest BCUT2D eigenvalue weighted by Gasteiger charge is 2.35. The molecule has 3 atom stereocenters. The zero-order valence-electron chi connectivity index (χ0n) is 19.7. The summed E-state index contributed by atoms with van der Waals surface area (Å²) < 4.78 is 21.0. The molecule has 0 saturated carbocycles. The van der Waals surface area contributed by atoms with Gasteiger partial charge in [-0.05, 0) is 32.9 Å². The number of hydrogen-bond acceptors (Lipinski definition) is 10. The first kappa shape index (κ1) is 30.4. The van der Waals surface area contributed by atoms with E-state index in [0.29, 0.717) is 13.2 Å². The Bertz CT molecular complexity index is 559. The van der Waals surface area contributed by atoms with Crippen LogP contribution < -0.4 is 16.4 Å². The van der Waals surface area contributed by atoms with Gasteiger partial charge in [0.1, 0.15) is 18.5 Å². The molecular formula is C20H39N3O8S. The molecule has 0 bridgehead atoms. The van der Waals surface area contributed by atoms with Crippen molar-refractivity contribution in [3.05, 3.63) is 0 Å².